The third-order valence-electron chi connectivity index (χ3n) is 4.54. The van der Waals surface area contributed by atoms with Crippen molar-refractivity contribution in [3.63, 3.8) is 0 Å². The Morgan fingerprint density at radius 2 is 1.85 bits per heavy atom. The van der Waals surface area contributed by atoms with Crippen LogP contribution >= 0.6 is 0 Å². The first-order chi connectivity index (χ1) is 13.3. The van der Waals surface area contributed by atoms with E-state index in [4.69, 9.17) is 0 Å². The number of rotatable bonds is 6. The molecule has 1 N–H and O–H groups in total. The van der Waals surface area contributed by atoms with Crippen molar-refractivity contribution in [3.05, 3.63) is 65.7 Å². The van der Waals surface area contributed by atoms with Crippen LogP contribution in [0.3, 0.4) is 0 Å². The molecule has 4 rings (SSSR count). The predicted molar refractivity (Wildman–Crippen MR) is 103 cm³/mol. The quantitative estimate of drug-likeness (QED) is 0.571. The van der Waals surface area contributed by atoms with Crippen molar-refractivity contribution in [1.29, 1.82) is 0 Å². The molecule has 0 fully saturated rings. The number of H-pyrrole nitrogens is 1. The molecule has 0 aliphatic rings. The number of aromatic amines is 1. The van der Waals surface area contributed by atoms with E-state index >= 15 is 0 Å². The maximum absolute atomic E-state index is 4.67. The molecular formula is C20H21N7. The lowest BCUT2D eigenvalue weighted by molar-refractivity contribution is 0.618. The summed E-state index contributed by atoms with van der Waals surface area (Å²) in [7, 11) is 0. The van der Waals surface area contributed by atoms with E-state index in [0.717, 1.165) is 46.9 Å². The van der Waals surface area contributed by atoms with Crippen LogP contribution in [0.2, 0.25) is 0 Å². The van der Waals surface area contributed by atoms with Gasteiger partial charge in [0.05, 0.1) is 0 Å². The predicted octanol–water partition coefficient (Wildman–Crippen LogP) is 3.30. The van der Waals surface area contributed by atoms with Gasteiger partial charge in [0.1, 0.15) is 5.82 Å². The zero-order chi connectivity index (χ0) is 18.6. The van der Waals surface area contributed by atoms with Gasteiger partial charge in [0, 0.05) is 24.9 Å². The standard InChI is InChI=1S/C20H21N7/c1-3-18-21-19(27(4-2)24-18)13-14-10-11-16(15-8-6-5-7-9-15)17(12-14)20-22-25-26-23-20/h5-12H,3-4,13H2,1-2H3,(H,22,23,25,26). The van der Waals surface area contributed by atoms with Gasteiger partial charge < -0.3 is 0 Å². The van der Waals surface area contributed by atoms with E-state index in [1.165, 1.54) is 0 Å². The average Bonchev–Trinajstić information content (AvgIpc) is 3.38. The van der Waals surface area contributed by atoms with Crippen LogP contribution in [0.15, 0.2) is 48.5 Å². The second-order valence-electron chi connectivity index (χ2n) is 6.29. The van der Waals surface area contributed by atoms with Crippen molar-refractivity contribution >= 4 is 0 Å². The number of hydrogen-bond acceptors (Lipinski definition) is 5. The van der Waals surface area contributed by atoms with E-state index in [1.54, 1.807) is 0 Å². The summed E-state index contributed by atoms with van der Waals surface area (Å²) in [5, 5.41) is 19.0. The summed E-state index contributed by atoms with van der Waals surface area (Å²) in [5.74, 6) is 2.51. The number of aromatic nitrogens is 7. The molecular weight excluding hydrogens is 338 g/mol. The van der Waals surface area contributed by atoms with Crippen molar-refractivity contribution in [2.75, 3.05) is 0 Å². The van der Waals surface area contributed by atoms with Gasteiger partial charge in [-0.1, -0.05) is 49.4 Å². The molecule has 2 heterocycles. The third-order valence-corrected chi connectivity index (χ3v) is 4.54. The Kier molecular flexibility index (Phi) is 4.74. The number of tetrazole rings is 1. The highest BCUT2D eigenvalue weighted by molar-refractivity contribution is 5.80. The molecule has 7 nitrogen and oxygen atoms in total. The zero-order valence-electron chi connectivity index (χ0n) is 15.4. The second-order valence-corrected chi connectivity index (χ2v) is 6.29. The van der Waals surface area contributed by atoms with Crippen molar-refractivity contribution in [1.82, 2.24) is 35.4 Å². The number of benzene rings is 2. The van der Waals surface area contributed by atoms with Gasteiger partial charge in [0.15, 0.2) is 11.6 Å². The van der Waals surface area contributed by atoms with Gasteiger partial charge in [-0.05, 0) is 40.1 Å². The van der Waals surface area contributed by atoms with E-state index in [2.05, 4.69) is 74.9 Å². The van der Waals surface area contributed by atoms with Crippen LogP contribution in [0.4, 0.5) is 0 Å². The number of nitrogens with one attached hydrogen (secondary N) is 1. The van der Waals surface area contributed by atoms with Crippen LogP contribution in [-0.4, -0.2) is 35.4 Å². The molecule has 0 aliphatic carbocycles. The fourth-order valence-electron chi connectivity index (χ4n) is 3.18. The number of nitrogens with zero attached hydrogens (tertiary/aromatic N) is 6. The summed E-state index contributed by atoms with van der Waals surface area (Å²) in [6.45, 7) is 4.97. The van der Waals surface area contributed by atoms with Gasteiger partial charge in [-0.25, -0.2) is 14.8 Å². The Morgan fingerprint density at radius 3 is 2.56 bits per heavy atom. The molecule has 2 aromatic carbocycles. The molecule has 0 saturated carbocycles. The lowest BCUT2D eigenvalue weighted by atomic mass is 9.96. The molecule has 0 atom stereocenters. The van der Waals surface area contributed by atoms with Gasteiger partial charge in [-0.15, -0.1) is 5.10 Å². The maximum atomic E-state index is 4.67. The van der Waals surface area contributed by atoms with Crippen molar-refractivity contribution in [2.45, 2.75) is 33.2 Å². The molecule has 27 heavy (non-hydrogen) atoms. The van der Waals surface area contributed by atoms with Crippen molar-refractivity contribution < 1.29 is 0 Å². The molecule has 2 aromatic heterocycles. The van der Waals surface area contributed by atoms with Gasteiger partial charge in [-0.3, -0.25) is 0 Å². The summed E-state index contributed by atoms with van der Waals surface area (Å²) in [4.78, 5) is 4.67. The fourth-order valence-corrected chi connectivity index (χ4v) is 3.18. The Balaban J connectivity index is 1.76. The van der Waals surface area contributed by atoms with Crippen LogP contribution in [0.25, 0.3) is 22.5 Å². The van der Waals surface area contributed by atoms with Crippen LogP contribution in [0.5, 0.6) is 0 Å². The minimum atomic E-state index is 0.655. The SMILES string of the molecule is CCc1nc(Cc2ccc(-c3ccccc3)c(-c3nnn[nH]3)c2)n(CC)n1. The first kappa shape index (κ1) is 17.1. The Morgan fingerprint density at radius 1 is 1.00 bits per heavy atom. The van der Waals surface area contributed by atoms with Crippen LogP contribution in [0.1, 0.15) is 31.1 Å². The molecule has 136 valence electrons. The topological polar surface area (TPSA) is 85.2 Å². The molecule has 0 bridgehead atoms. The van der Waals surface area contributed by atoms with Crippen LogP contribution in [0, 0.1) is 0 Å². The third kappa shape index (κ3) is 3.48. The number of aryl methyl sites for hydroxylation is 2. The Labute approximate surface area is 157 Å². The van der Waals surface area contributed by atoms with Gasteiger partial charge >= 0.3 is 0 Å². The molecule has 0 unspecified atom stereocenters. The average molecular weight is 359 g/mol. The fraction of sp³-hybridized carbons (Fsp3) is 0.250. The normalized spacial score (nSPS) is 11.0. The summed E-state index contributed by atoms with van der Waals surface area (Å²) >= 11 is 0. The van der Waals surface area contributed by atoms with E-state index in [0.29, 0.717) is 12.2 Å². The van der Waals surface area contributed by atoms with E-state index < -0.39 is 0 Å². The molecule has 0 aliphatic heterocycles. The maximum Gasteiger partial charge on any atom is 0.180 e. The van der Waals surface area contributed by atoms with Gasteiger partial charge in [-0.2, -0.15) is 5.10 Å². The largest absolute Gasteiger partial charge is 0.250 e. The first-order valence-corrected chi connectivity index (χ1v) is 9.13. The Bertz CT molecular complexity index is 1020. The first-order valence-electron chi connectivity index (χ1n) is 9.13. The molecule has 0 saturated heterocycles. The summed E-state index contributed by atoms with van der Waals surface area (Å²) in [6.07, 6.45) is 1.55. The summed E-state index contributed by atoms with van der Waals surface area (Å²) in [6, 6.07) is 16.6. The van der Waals surface area contributed by atoms with Crippen molar-refractivity contribution in [3.8, 4) is 22.5 Å². The van der Waals surface area contributed by atoms with Gasteiger partial charge in [0.25, 0.3) is 0 Å². The lowest BCUT2D eigenvalue weighted by Crippen LogP contribution is -2.04. The van der Waals surface area contributed by atoms with Gasteiger partial charge in [0.2, 0.25) is 0 Å². The molecule has 7 heteroatoms. The molecule has 0 spiro atoms. The van der Waals surface area contributed by atoms with Crippen molar-refractivity contribution in [2.24, 2.45) is 0 Å². The molecule has 0 radical (unpaired) electrons. The van der Waals surface area contributed by atoms with E-state index in [-0.39, 0.29) is 0 Å². The summed E-state index contributed by atoms with van der Waals surface area (Å²) < 4.78 is 1.97. The van der Waals surface area contributed by atoms with E-state index in [1.807, 2.05) is 22.9 Å². The minimum absolute atomic E-state index is 0.655. The zero-order valence-corrected chi connectivity index (χ0v) is 15.4. The highest BCUT2D eigenvalue weighted by Gasteiger charge is 2.14. The lowest BCUT2D eigenvalue weighted by Gasteiger charge is -2.10. The highest BCUT2D eigenvalue weighted by atomic mass is 15.5. The Hall–Kier alpha value is -3.35. The second kappa shape index (κ2) is 7.49. The van der Waals surface area contributed by atoms with Crippen LogP contribution in [-0.2, 0) is 19.4 Å². The van der Waals surface area contributed by atoms with E-state index in [9.17, 15) is 0 Å². The monoisotopic (exact) mass is 359 g/mol. The molecule has 4 aromatic rings. The summed E-state index contributed by atoms with van der Waals surface area (Å²) in [5.41, 5.74) is 4.33. The molecule has 0 amide bonds. The highest BCUT2D eigenvalue weighted by Crippen LogP contribution is 2.31. The number of hydrogen-bond donors (Lipinski definition) is 1. The minimum Gasteiger partial charge on any atom is -0.250 e. The van der Waals surface area contributed by atoms with Crippen LogP contribution < -0.4 is 0 Å². The smallest absolute Gasteiger partial charge is 0.180 e.